The molecule has 4 fully saturated rings. The maximum absolute atomic E-state index is 14.4. The summed E-state index contributed by atoms with van der Waals surface area (Å²) in [6, 6.07) is 10.1. The lowest BCUT2D eigenvalue weighted by Crippen LogP contribution is -2.52. The Morgan fingerprint density at radius 1 is 0.947 bits per heavy atom. The number of nitrogens with zero attached hydrogens (tertiary/aromatic N) is 13. The summed E-state index contributed by atoms with van der Waals surface area (Å²) in [5.41, 5.74) is 10.3. The first kappa shape index (κ1) is 54.1. The monoisotopic (exact) mass is 1070 g/mol. The van der Waals surface area contributed by atoms with E-state index < -0.39 is 24.2 Å². The summed E-state index contributed by atoms with van der Waals surface area (Å²) in [5.74, 6) is 0.689. The molecule has 0 unspecified atom stereocenters. The number of carbonyl (C=O) groups is 3. The molecule has 0 aliphatic carbocycles. The molecule has 4 atom stereocenters. The number of hydrogen-bond donors (Lipinski definition) is 4. The summed E-state index contributed by atoms with van der Waals surface area (Å²) >= 11 is 8.42. The van der Waals surface area contributed by atoms with Crippen LogP contribution in [0, 0.1) is 18.8 Å². The van der Waals surface area contributed by atoms with Crippen molar-refractivity contribution in [1.82, 2.24) is 59.7 Å². The van der Waals surface area contributed by atoms with E-state index in [9.17, 15) is 24.6 Å². The number of aliphatic hydroxyl groups excluding tert-OH is 2. The fourth-order valence-electron chi connectivity index (χ4n) is 11.0. The first-order chi connectivity index (χ1) is 36.1. The smallest absolute Gasteiger partial charge is 0.248 e. The topological polar surface area (TPSA) is 233 Å². The molecule has 9 rings (SSSR count). The van der Waals surface area contributed by atoms with Crippen LogP contribution in [0.25, 0.3) is 11.3 Å². The highest BCUT2D eigenvalue weighted by Crippen LogP contribution is 2.39. The molecule has 75 heavy (non-hydrogen) atoms. The SMILES string of the molecule is CCn1nccc1-c1ccc([C@H](CCN2CCN(C(=O)C3CCN(c4nccc(Sc5cnc(N6CCC(C)(N)CC6)c(CO)n5)c4Cl)CC3)CC2)NC(=O)[C@@H]2C[C@@H](O)CN2C(=O)[C@H](C(C)C)n2cc(C)nn2)cc1. The Bertz CT molecular complexity index is 2770. The standard InChI is InChI=1S/C53H72ClN15O5S/c1-6-68-42(11-19-58-68)37-9-7-36(8-10-37)40(60-50(72)43-29-39(71)32-67(43)52(74)47(34(2)3)69-31-35(4)61-62-69)15-20-63-25-27-66(28-26-63)51(73)38-13-21-64(22-14-38)49-46(54)44(12-18-56-49)75-45-30-57-48(41(33-70)59-45)65-23-16-53(5,55)17-24-65/h7-12,18-19,30-31,34,38-40,43,47,70-71H,6,13-17,20-29,32-33,55H2,1-5H3,(H,60,72)/t39-,40+,43+,47+/m1/s1. The van der Waals surface area contributed by atoms with Crippen LogP contribution in [0.15, 0.2) is 71.1 Å². The van der Waals surface area contributed by atoms with E-state index in [0.29, 0.717) is 98.1 Å². The van der Waals surface area contributed by atoms with Crippen molar-refractivity contribution < 1.29 is 24.6 Å². The van der Waals surface area contributed by atoms with Gasteiger partial charge in [0, 0.05) is 113 Å². The van der Waals surface area contributed by atoms with Crippen LogP contribution in [0.3, 0.4) is 0 Å². The largest absolute Gasteiger partial charge is 0.391 e. The summed E-state index contributed by atoms with van der Waals surface area (Å²) < 4.78 is 3.50. The van der Waals surface area contributed by atoms with Crippen LogP contribution in [0.4, 0.5) is 11.6 Å². The molecule has 20 nitrogen and oxygen atoms in total. The third-order valence-corrected chi connectivity index (χ3v) is 16.8. The van der Waals surface area contributed by atoms with E-state index in [1.165, 1.54) is 16.7 Å². The molecule has 0 saturated carbocycles. The van der Waals surface area contributed by atoms with Crippen LogP contribution >= 0.6 is 23.4 Å². The third-order valence-electron chi connectivity index (χ3n) is 15.4. The highest BCUT2D eigenvalue weighted by molar-refractivity contribution is 7.99. The fourth-order valence-corrected chi connectivity index (χ4v) is 12.1. The van der Waals surface area contributed by atoms with Crippen molar-refractivity contribution in [2.45, 2.75) is 126 Å². The third kappa shape index (κ3) is 12.4. The van der Waals surface area contributed by atoms with Crippen LogP contribution in [-0.4, -0.2) is 165 Å². The van der Waals surface area contributed by atoms with Crippen molar-refractivity contribution in [3.8, 4) is 11.3 Å². The Hall–Kier alpha value is -5.71. The number of piperidine rings is 2. The number of benzene rings is 1. The first-order valence-corrected chi connectivity index (χ1v) is 27.7. The van der Waals surface area contributed by atoms with E-state index in [0.717, 1.165) is 54.2 Å². The second-order valence-electron chi connectivity index (χ2n) is 21.2. The number of halogens is 1. The minimum absolute atomic E-state index is 0.0508. The number of aliphatic hydroxyl groups is 2. The number of likely N-dealkylation sites (tertiary alicyclic amines) is 1. The van der Waals surface area contributed by atoms with Gasteiger partial charge in [0.15, 0.2) is 5.82 Å². The molecule has 1 aromatic carbocycles. The molecule has 22 heteroatoms. The number of amides is 3. The molecule has 4 saturated heterocycles. The Kier molecular flexibility index (Phi) is 17.1. The second-order valence-corrected chi connectivity index (χ2v) is 22.6. The average molecular weight is 1070 g/mol. The van der Waals surface area contributed by atoms with E-state index in [-0.39, 0.29) is 54.7 Å². The number of rotatable bonds is 17. The fraction of sp³-hybridized carbons (Fsp3) is 0.566. The minimum atomic E-state index is -0.863. The number of pyridine rings is 1. The Labute approximate surface area is 448 Å². The molecule has 4 aliphatic heterocycles. The van der Waals surface area contributed by atoms with Gasteiger partial charge in [-0.25, -0.2) is 19.6 Å². The average Bonchev–Trinajstić information content (AvgIpc) is 4.18. The van der Waals surface area contributed by atoms with E-state index in [1.54, 1.807) is 29.5 Å². The normalized spacial score (nSPS) is 20.5. The van der Waals surface area contributed by atoms with Crippen LogP contribution in [0.2, 0.25) is 5.02 Å². The lowest BCUT2D eigenvalue weighted by atomic mass is 9.91. The number of β-amino-alcohol motifs (C(OH)–C–C–N with tert-alkyl or cyclic N) is 1. The van der Waals surface area contributed by atoms with Gasteiger partial charge in [-0.3, -0.25) is 24.0 Å². The molecule has 0 bridgehead atoms. The number of anilines is 2. The molecule has 3 amide bonds. The highest BCUT2D eigenvalue weighted by atomic mass is 35.5. The number of piperazine rings is 1. The molecule has 0 spiro atoms. The number of aromatic nitrogens is 8. The zero-order chi connectivity index (χ0) is 53.0. The lowest BCUT2D eigenvalue weighted by molar-refractivity contribution is -0.142. The zero-order valence-corrected chi connectivity index (χ0v) is 45.3. The zero-order valence-electron chi connectivity index (χ0n) is 43.8. The molecule has 8 heterocycles. The van der Waals surface area contributed by atoms with Gasteiger partial charge < -0.3 is 40.9 Å². The van der Waals surface area contributed by atoms with Gasteiger partial charge in [-0.2, -0.15) is 5.10 Å². The molecule has 0 radical (unpaired) electrons. The minimum Gasteiger partial charge on any atom is -0.391 e. The maximum atomic E-state index is 14.4. The molecular weight excluding hydrogens is 994 g/mol. The van der Waals surface area contributed by atoms with E-state index in [2.05, 4.69) is 66.4 Å². The van der Waals surface area contributed by atoms with Crippen LogP contribution in [0.5, 0.6) is 0 Å². The summed E-state index contributed by atoms with van der Waals surface area (Å²) in [7, 11) is 0. The van der Waals surface area contributed by atoms with Gasteiger partial charge in [0.2, 0.25) is 17.7 Å². The van der Waals surface area contributed by atoms with Crippen molar-refractivity contribution in [3.05, 3.63) is 83.2 Å². The predicted molar refractivity (Wildman–Crippen MR) is 287 cm³/mol. The van der Waals surface area contributed by atoms with E-state index >= 15 is 0 Å². The van der Waals surface area contributed by atoms with Crippen molar-refractivity contribution in [2.75, 3.05) is 75.2 Å². The van der Waals surface area contributed by atoms with Gasteiger partial charge in [0.25, 0.3) is 0 Å². The van der Waals surface area contributed by atoms with Crippen LogP contribution in [0.1, 0.15) is 95.3 Å². The van der Waals surface area contributed by atoms with Crippen molar-refractivity contribution >= 4 is 52.7 Å². The number of nitrogens with two attached hydrogens (primary N) is 1. The quantitative estimate of drug-likeness (QED) is 0.0985. The van der Waals surface area contributed by atoms with Gasteiger partial charge >= 0.3 is 0 Å². The predicted octanol–water partition coefficient (Wildman–Crippen LogP) is 4.74. The molecule has 5 N–H and O–H groups in total. The van der Waals surface area contributed by atoms with Gasteiger partial charge in [0.05, 0.1) is 41.4 Å². The molecule has 5 aromatic rings. The molecule has 4 aromatic heterocycles. The first-order valence-electron chi connectivity index (χ1n) is 26.5. The summed E-state index contributed by atoms with van der Waals surface area (Å²) in [5, 5.41) is 38.3. The molecule has 4 aliphatic rings. The molecular formula is C53H72ClN15O5S. The van der Waals surface area contributed by atoms with Gasteiger partial charge in [0.1, 0.15) is 28.6 Å². The molecule has 402 valence electrons. The van der Waals surface area contributed by atoms with Crippen molar-refractivity contribution in [3.63, 3.8) is 0 Å². The maximum Gasteiger partial charge on any atom is 0.248 e. The highest BCUT2D eigenvalue weighted by Gasteiger charge is 2.43. The Morgan fingerprint density at radius 2 is 1.67 bits per heavy atom. The lowest BCUT2D eigenvalue weighted by Gasteiger charge is -2.39. The van der Waals surface area contributed by atoms with Crippen LogP contribution < -0.4 is 20.9 Å². The van der Waals surface area contributed by atoms with Gasteiger partial charge in [-0.15, -0.1) is 5.10 Å². The number of aryl methyl sites for hydroxylation is 2. The second kappa shape index (κ2) is 23.7. The van der Waals surface area contributed by atoms with Crippen LogP contribution in [-0.2, 0) is 27.5 Å². The number of carbonyl (C=O) groups excluding carboxylic acids is 3. The Morgan fingerprint density at radius 3 is 2.33 bits per heavy atom. The van der Waals surface area contributed by atoms with Gasteiger partial charge in [-0.05, 0) is 82.1 Å². The number of hydrogen-bond acceptors (Lipinski definition) is 16. The van der Waals surface area contributed by atoms with Crippen molar-refractivity contribution in [2.24, 2.45) is 17.6 Å². The van der Waals surface area contributed by atoms with E-state index in [4.69, 9.17) is 27.3 Å². The summed E-state index contributed by atoms with van der Waals surface area (Å²) in [6.07, 6.45) is 9.89. The summed E-state index contributed by atoms with van der Waals surface area (Å²) in [4.78, 5) is 67.7. The van der Waals surface area contributed by atoms with E-state index in [1.807, 2.05) is 54.6 Å². The van der Waals surface area contributed by atoms with Gasteiger partial charge in [-0.1, -0.05) is 66.7 Å². The number of nitrogens with one attached hydrogen (secondary N) is 1. The summed E-state index contributed by atoms with van der Waals surface area (Å²) in [6.45, 7) is 16.4. The van der Waals surface area contributed by atoms with Crippen molar-refractivity contribution in [1.29, 1.82) is 0 Å². The Balaban J connectivity index is 0.800.